The summed E-state index contributed by atoms with van der Waals surface area (Å²) in [6.45, 7) is 0. The fourth-order valence-corrected chi connectivity index (χ4v) is 2.66. The third-order valence-corrected chi connectivity index (χ3v) is 3.72. The summed E-state index contributed by atoms with van der Waals surface area (Å²) < 4.78 is 74.3. The van der Waals surface area contributed by atoms with Gasteiger partial charge in [-0.2, -0.15) is 10.4 Å². The Morgan fingerprint density at radius 2 is 2.39 bits per heavy atom. The van der Waals surface area contributed by atoms with Crippen molar-refractivity contribution in [2.75, 3.05) is 0 Å². The topological polar surface area (TPSA) is 83.2 Å². The second-order valence-corrected chi connectivity index (χ2v) is 5.07. The minimum absolute atomic E-state index is 0.0128. The predicted octanol–water partition coefficient (Wildman–Crippen LogP) is 3.42. The lowest BCUT2D eigenvalue weighted by Crippen LogP contribution is -2.17. The normalized spacial score (nSPS) is 27.3. The molecule has 1 aromatic rings. The minimum Gasteiger partial charge on any atom is -0.345 e. The van der Waals surface area contributed by atoms with E-state index in [9.17, 15) is 5.26 Å². The molecule has 3 heterocycles. The van der Waals surface area contributed by atoms with Crippen LogP contribution in [0, 0.1) is 17.2 Å². The first kappa shape index (κ1) is 7.26. The second kappa shape index (κ2) is 5.84. The van der Waals surface area contributed by atoms with Gasteiger partial charge < -0.3 is 4.98 Å². The number of aromatic nitrogens is 5. The summed E-state index contributed by atoms with van der Waals surface area (Å²) in [5, 5.41) is 13.6. The van der Waals surface area contributed by atoms with Gasteiger partial charge in [0.15, 0.2) is 5.82 Å². The largest absolute Gasteiger partial charge is 0.345 e. The summed E-state index contributed by atoms with van der Waals surface area (Å²) >= 11 is 0. The lowest BCUT2D eigenvalue weighted by atomic mass is 9.96. The highest BCUT2D eigenvalue weighted by atomic mass is 15.3. The van der Waals surface area contributed by atoms with Crippen LogP contribution in [0.1, 0.15) is 50.3 Å². The van der Waals surface area contributed by atoms with E-state index >= 15 is 0 Å². The summed E-state index contributed by atoms with van der Waals surface area (Å²) in [5.41, 5.74) is 0.623. The van der Waals surface area contributed by atoms with Gasteiger partial charge in [-0.05, 0) is 24.7 Å². The van der Waals surface area contributed by atoms with Crippen LogP contribution >= 0.6 is 0 Å². The molecule has 1 aliphatic carbocycles. The molecule has 2 aliphatic heterocycles. The average molecular weight is 315 g/mol. The molecule has 0 saturated heterocycles. The number of aromatic amines is 1. The van der Waals surface area contributed by atoms with E-state index in [4.69, 9.17) is 12.3 Å². The number of hydrogen-bond donors (Lipinski definition) is 1. The fraction of sp³-hybridized carbons (Fsp3) is 0.412. The summed E-state index contributed by atoms with van der Waals surface area (Å²) in [7, 11) is 0. The highest BCUT2D eigenvalue weighted by Crippen LogP contribution is 2.37. The van der Waals surface area contributed by atoms with Crippen LogP contribution in [-0.2, 0) is 0 Å². The number of nitrogens with zero attached hydrogens (tertiary/aromatic N) is 5. The third-order valence-electron chi connectivity index (χ3n) is 3.72. The first-order valence-electron chi connectivity index (χ1n) is 11.6. The van der Waals surface area contributed by atoms with Gasteiger partial charge in [0.25, 0.3) is 0 Å². The molecule has 6 nitrogen and oxygen atoms in total. The maximum atomic E-state index is 9.46. The van der Waals surface area contributed by atoms with E-state index in [1.165, 1.54) is 18.5 Å². The summed E-state index contributed by atoms with van der Waals surface area (Å²) in [5.74, 6) is -1.48. The van der Waals surface area contributed by atoms with Crippen LogP contribution in [0.5, 0.6) is 0 Å². The predicted molar refractivity (Wildman–Crippen MR) is 85.5 cm³/mol. The van der Waals surface area contributed by atoms with Crippen LogP contribution in [0.15, 0.2) is 30.9 Å². The highest BCUT2D eigenvalue weighted by Gasteiger charge is 2.27. The average Bonchev–Trinajstić information content (AvgIpc) is 3.34. The van der Waals surface area contributed by atoms with Gasteiger partial charge in [-0.3, -0.25) is 4.68 Å². The monoisotopic (exact) mass is 315 g/mol. The van der Waals surface area contributed by atoms with E-state index in [-0.39, 0.29) is 54.0 Å². The zero-order valence-corrected chi connectivity index (χ0v) is 12.0. The molecule has 1 aromatic heterocycles. The second-order valence-electron chi connectivity index (χ2n) is 5.07. The number of rotatable bonds is 4. The van der Waals surface area contributed by atoms with Gasteiger partial charge in [-0.25, -0.2) is 9.97 Å². The number of H-pyrrole nitrogens is 1. The maximum Gasteiger partial charge on any atom is 0.162 e. The summed E-state index contributed by atoms with van der Waals surface area (Å²) in [4.78, 5) is 10.4. The third kappa shape index (κ3) is 2.48. The zero-order chi connectivity index (χ0) is 23.6. The molecule has 4 rings (SSSR count). The maximum absolute atomic E-state index is 9.46. The Morgan fingerprint density at radius 1 is 1.52 bits per heavy atom. The van der Waals surface area contributed by atoms with Crippen molar-refractivity contribution < 1.29 is 12.3 Å². The quantitative estimate of drug-likeness (QED) is 0.799. The van der Waals surface area contributed by atoms with Crippen LogP contribution in [-0.4, -0.2) is 24.7 Å². The van der Waals surface area contributed by atoms with Crippen molar-refractivity contribution in [2.24, 2.45) is 5.92 Å². The zero-order valence-electron chi connectivity index (χ0n) is 21.0. The van der Waals surface area contributed by atoms with Crippen molar-refractivity contribution in [3.8, 4) is 28.7 Å². The molecule has 6 heteroatoms. The van der Waals surface area contributed by atoms with Crippen LogP contribution in [0.25, 0.3) is 22.6 Å². The Kier molecular flexibility index (Phi) is 1.84. The lowest BCUT2D eigenvalue weighted by Gasteiger charge is -2.21. The van der Waals surface area contributed by atoms with E-state index < -0.39 is 31.1 Å². The molecule has 1 saturated carbocycles. The number of fused-ring (bicyclic) bond motifs is 1. The van der Waals surface area contributed by atoms with E-state index in [0.717, 1.165) is 4.68 Å². The molecular formula is C17H18N6. The molecule has 3 aliphatic rings. The SMILES string of the molecule is [2H]c1nc2nc([2H])c([2H])c-2c(-c2cnn([C@@H](C3C([2H])([2H])CCC3([2H])[2H])C([2H])([2H])C#N)c2)[nH]1. The molecular weight excluding hydrogens is 288 g/mol. The van der Waals surface area contributed by atoms with Crippen LogP contribution in [0.4, 0.5) is 0 Å². The Hall–Kier alpha value is -2.68. The van der Waals surface area contributed by atoms with Crippen LogP contribution in [0.3, 0.4) is 0 Å². The molecule has 0 spiro atoms. The summed E-state index contributed by atoms with van der Waals surface area (Å²) in [6.07, 6.45) is -5.05. The molecule has 1 atom stereocenters. The highest BCUT2D eigenvalue weighted by molar-refractivity contribution is 5.77. The Morgan fingerprint density at radius 3 is 3.22 bits per heavy atom. The first-order chi connectivity index (χ1) is 14.8. The van der Waals surface area contributed by atoms with Gasteiger partial charge in [0.05, 0.1) is 39.4 Å². The molecule has 0 amide bonds. The van der Waals surface area contributed by atoms with Crippen LogP contribution < -0.4 is 0 Å². The van der Waals surface area contributed by atoms with Crippen molar-refractivity contribution in [3.05, 3.63) is 30.9 Å². The Labute approximate surface area is 147 Å². The molecule has 1 fully saturated rings. The van der Waals surface area contributed by atoms with Crippen molar-refractivity contribution >= 4 is 0 Å². The Balaban J connectivity index is 1.88. The van der Waals surface area contributed by atoms with Crippen LogP contribution in [0.2, 0.25) is 0 Å². The molecule has 116 valence electrons. The minimum atomic E-state index is -2.65. The molecule has 0 bridgehead atoms. The molecule has 1 N–H and O–H groups in total. The van der Waals surface area contributed by atoms with Gasteiger partial charge in [0.2, 0.25) is 0 Å². The smallest absolute Gasteiger partial charge is 0.162 e. The Bertz CT molecular complexity index is 1180. The van der Waals surface area contributed by atoms with E-state index in [1.54, 1.807) is 0 Å². The van der Waals surface area contributed by atoms with Gasteiger partial charge in [-0.15, -0.1) is 0 Å². The van der Waals surface area contributed by atoms with Crippen molar-refractivity contribution in [1.29, 1.82) is 5.26 Å². The number of nitriles is 1. The van der Waals surface area contributed by atoms with Crippen molar-refractivity contribution in [3.63, 3.8) is 0 Å². The van der Waals surface area contributed by atoms with Gasteiger partial charge >= 0.3 is 0 Å². The van der Waals surface area contributed by atoms with E-state index in [0.29, 0.717) is 0 Å². The number of hydrogen-bond acceptors (Lipinski definition) is 4. The van der Waals surface area contributed by atoms with E-state index in [2.05, 4.69) is 20.1 Å². The first-order valence-corrected chi connectivity index (χ1v) is 7.08. The summed E-state index contributed by atoms with van der Waals surface area (Å²) in [6, 6.07) is -0.286. The molecule has 0 unspecified atom stereocenters. The molecule has 0 aromatic carbocycles. The number of nitrogens with one attached hydrogen (secondary N) is 1. The van der Waals surface area contributed by atoms with Crippen molar-refractivity contribution in [2.45, 2.75) is 38.0 Å². The fourth-order valence-electron chi connectivity index (χ4n) is 2.66. The van der Waals surface area contributed by atoms with Crippen molar-refractivity contribution in [1.82, 2.24) is 24.7 Å². The standard InChI is InChI=1S/C17H18N6/c18-7-5-15(12-3-1-2-4-12)23-10-13(9-22-23)16-14-6-8-19-17(14)21-11-20-16/h6,8-12,15H,1-5H2,(H,19,20,21)/t15-/m1/s1/i3D2,4D2,5D2,6D,8D,11D. The lowest BCUT2D eigenvalue weighted by molar-refractivity contribution is 0.315. The van der Waals surface area contributed by atoms with E-state index in [1.807, 2.05) is 0 Å². The van der Waals surface area contributed by atoms with Gasteiger partial charge in [0, 0.05) is 31.7 Å². The van der Waals surface area contributed by atoms with Gasteiger partial charge in [0.1, 0.15) is 1.37 Å². The van der Waals surface area contributed by atoms with Gasteiger partial charge in [-0.1, -0.05) is 12.8 Å². The molecule has 23 heavy (non-hydrogen) atoms. The molecule has 0 radical (unpaired) electrons.